The Morgan fingerprint density at radius 1 is 1.21 bits per heavy atom. The molecule has 2 nitrogen and oxygen atoms in total. The van der Waals surface area contributed by atoms with Crippen molar-refractivity contribution in [3.05, 3.63) is 34.9 Å². The lowest BCUT2D eigenvalue weighted by molar-refractivity contribution is 0.227. The van der Waals surface area contributed by atoms with E-state index in [1.54, 1.807) is 0 Å². The first-order chi connectivity index (χ1) is 8.71. The molecule has 0 amide bonds. The Balaban J connectivity index is 2.65. The van der Waals surface area contributed by atoms with E-state index in [2.05, 4.69) is 77.1 Å². The van der Waals surface area contributed by atoms with Crippen LogP contribution in [0.2, 0.25) is 0 Å². The molecule has 0 aliphatic heterocycles. The van der Waals surface area contributed by atoms with E-state index in [4.69, 9.17) is 0 Å². The minimum Gasteiger partial charge on any atom is -0.310 e. The van der Waals surface area contributed by atoms with Crippen LogP contribution in [0.5, 0.6) is 0 Å². The third kappa shape index (κ3) is 5.33. The molecule has 0 heterocycles. The third-order valence-corrected chi connectivity index (χ3v) is 3.53. The van der Waals surface area contributed by atoms with Crippen molar-refractivity contribution >= 4 is 0 Å². The molecule has 19 heavy (non-hydrogen) atoms. The van der Waals surface area contributed by atoms with Gasteiger partial charge in [-0.2, -0.15) is 0 Å². The van der Waals surface area contributed by atoms with Gasteiger partial charge in [0.15, 0.2) is 0 Å². The van der Waals surface area contributed by atoms with E-state index in [9.17, 15) is 0 Å². The highest BCUT2D eigenvalue weighted by Gasteiger charge is 2.20. The van der Waals surface area contributed by atoms with Crippen LogP contribution in [0, 0.1) is 19.3 Å². The van der Waals surface area contributed by atoms with Crippen LogP contribution in [-0.4, -0.2) is 32.1 Å². The van der Waals surface area contributed by atoms with Gasteiger partial charge in [-0.15, -0.1) is 0 Å². The number of aryl methyl sites for hydroxylation is 2. The van der Waals surface area contributed by atoms with Crippen molar-refractivity contribution in [3.8, 4) is 0 Å². The molecule has 1 aromatic carbocycles. The fraction of sp³-hybridized carbons (Fsp3) is 0.647. The molecule has 0 spiro atoms. The fourth-order valence-corrected chi connectivity index (χ4v) is 2.68. The molecule has 1 aromatic rings. The molecule has 1 atom stereocenters. The maximum absolute atomic E-state index is 3.69. The summed E-state index contributed by atoms with van der Waals surface area (Å²) in [6.07, 6.45) is 0. The van der Waals surface area contributed by atoms with E-state index in [1.165, 1.54) is 16.7 Å². The van der Waals surface area contributed by atoms with Gasteiger partial charge in [-0.1, -0.05) is 37.6 Å². The molecule has 0 aliphatic rings. The summed E-state index contributed by atoms with van der Waals surface area (Å²) in [5.74, 6) is 0. The maximum Gasteiger partial charge on any atom is 0.0294 e. The zero-order chi connectivity index (χ0) is 14.6. The molecule has 2 heteroatoms. The monoisotopic (exact) mass is 262 g/mol. The van der Waals surface area contributed by atoms with Gasteiger partial charge in [0.2, 0.25) is 0 Å². The summed E-state index contributed by atoms with van der Waals surface area (Å²) in [5, 5.41) is 3.69. The maximum atomic E-state index is 3.69. The van der Waals surface area contributed by atoms with Gasteiger partial charge in [-0.25, -0.2) is 0 Å². The van der Waals surface area contributed by atoms with E-state index in [-0.39, 0.29) is 5.41 Å². The van der Waals surface area contributed by atoms with E-state index in [1.807, 2.05) is 0 Å². The predicted octanol–water partition coefficient (Wildman–Crippen LogP) is 3.54. The molecule has 108 valence electrons. The number of hydrogen-bond donors (Lipinski definition) is 1. The smallest absolute Gasteiger partial charge is 0.0294 e. The lowest BCUT2D eigenvalue weighted by Gasteiger charge is -2.30. The van der Waals surface area contributed by atoms with Gasteiger partial charge in [-0.05, 0) is 51.4 Å². The minimum absolute atomic E-state index is 0.287. The average Bonchev–Trinajstić information content (AvgIpc) is 2.27. The molecule has 0 radical (unpaired) electrons. The number of rotatable bonds is 6. The highest BCUT2D eigenvalue weighted by atomic mass is 15.1. The zero-order valence-corrected chi connectivity index (χ0v) is 13.7. The molecule has 0 aromatic heterocycles. The number of nitrogens with one attached hydrogen (secondary N) is 1. The second kappa shape index (κ2) is 6.53. The Kier molecular flexibility index (Phi) is 5.57. The minimum atomic E-state index is 0.287. The van der Waals surface area contributed by atoms with Crippen molar-refractivity contribution in [2.45, 2.75) is 40.7 Å². The van der Waals surface area contributed by atoms with Crippen LogP contribution in [0.3, 0.4) is 0 Å². The molecular weight excluding hydrogens is 232 g/mol. The SMILES string of the molecule is Cc1ccc(C)c(C(C)NCC(C)(C)CN(C)C)c1. The van der Waals surface area contributed by atoms with E-state index < -0.39 is 0 Å². The Morgan fingerprint density at radius 3 is 2.42 bits per heavy atom. The summed E-state index contributed by atoms with van der Waals surface area (Å²) in [6, 6.07) is 7.10. The number of benzene rings is 1. The van der Waals surface area contributed by atoms with E-state index in [0.29, 0.717) is 6.04 Å². The Hall–Kier alpha value is -0.860. The van der Waals surface area contributed by atoms with Crippen LogP contribution in [0.4, 0.5) is 0 Å². The highest BCUT2D eigenvalue weighted by molar-refractivity contribution is 5.32. The van der Waals surface area contributed by atoms with E-state index >= 15 is 0 Å². The summed E-state index contributed by atoms with van der Waals surface area (Å²) in [5.41, 5.74) is 4.41. The van der Waals surface area contributed by atoms with Crippen LogP contribution >= 0.6 is 0 Å². The first kappa shape index (κ1) is 16.2. The normalized spacial score (nSPS) is 13.9. The molecule has 0 aliphatic carbocycles. The van der Waals surface area contributed by atoms with Crippen LogP contribution in [0.25, 0.3) is 0 Å². The molecule has 1 rings (SSSR count). The van der Waals surface area contributed by atoms with Crippen molar-refractivity contribution in [1.82, 2.24) is 10.2 Å². The largest absolute Gasteiger partial charge is 0.310 e. The molecular formula is C17H30N2. The van der Waals surface area contributed by atoms with E-state index in [0.717, 1.165) is 13.1 Å². The summed E-state index contributed by atoms with van der Waals surface area (Å²) in [7, 11) is 4.27. The average molecular weight is 262 g/mol. The van der Waals surface area contributed by atoms with Crippen LogP contribution < -0.4 is 5.32 Å². The van der Waals surface area contributed by atoms with Crippen molar-refractivity contribution < 1.29 is 0 Å². The van der Waals surface area contributed by atoms with Gasteiger partial charge in [-0.3, -0.25) is 0 Å². The van der Waals surface area contributed by atoms with Crippen molar-refractivity contribution in [2.75, 3.05) is 27.2 Å². The lowest BCUT2D eigenvalue weighted by Crippen LogP contribution is -2.38. The standard InChI is InChI=1S/C17H30N2/c1-13-8-9-14(2)16(10-13)15(3)18-11-17(4,5)12-19(6)7/h8-10,15,18H,11-12H2,1-7H3. The number of nitrogens with zero attached hydrogens (tertiary/aromatic N) is 1. The second-order valence-corrected chi connectivity index (χ2v) is 6.86. The molecule has 0 bridgehead atoms. The Bertz CT molecular complexity index is 408. The highest BCUT2D eigenvalue weighted by Crippen LogP contribution is 2.21. The summed E-state index contributed by atoms with van der Waals surface area (Å²) in [4.78, 5) is 2.25. The Labute approximate surface area is 119 Å². The molecule has 0 saturated heterocycles. The first-order valence-corrected chi connectivity index (χ1v) is 7.16. The molecule has 1 unspecified atom stereocenters. The van der Waals surface area contributed by atoms with Gasteiger partial charge >= 0.3 is 0 Å². The van der Waals surface area contributed by atoms with Crippen LogP contribution in [0.15, 0.2) is 18.2 Å². The quantitative estimate of drug-likeness (QED) is 0.843. The molecule has 1 N–H and O–H groups in total. The summed E-state index contributed by atoms with van der Waals surface area (Å²) >= 11 is 0. The second-order valence-electron chi connectivity index (χ2n) is 6.86. The van der Waals surface area contributed by atoms with Crippen LogP contribution in [-0.2, 0) is 0 Å². The van der Waals surface area contributed by atoms with Crippen molar-refractivity contribution in [3.63, 3.8) is 0 Å². The fourth-order valence-electron chi connectivity index (χ4n) is 2.68. The Morgan fingerprint density at radius 2 is 1.84 bits per heavy atom. The van der Waals surface area contributed by atoms with Gasteiger partial charge in [0, 0.05) is 19.1 Å². The van der Waals surface area contributed by atoms with Gasteiger partial charge in [0.05, 0.1) is 0 Å². The van der Waals surface area contributed by atoms with Crippen molar-refractivity contribution in [2.24, 2.45) is 5.41 Å². The number of hydrogen-bond acceptors (Lipinski definition) is 2. The summed E-state index contributed by atoms with van der Waals surface area (Å²) in [6.45, 7) is 13.4. The van der Waals surface area contributed by atoms with Crippen LogP contribution in [0.1, 0.15) is 43.5 Å². The van der Waals surface area contributed by atoms with Crippen molar-refractivity contribution in [1.29, 1.82) is 0 Å². The molecule has 0 saturated carbocycles. The topological polar surface area (TPSA) is 15.3 Å². The lowest BCUT2D eigenvalue weighted by atomic mass is 9.91. The van der Waals surface area contributed by atoms with Gasteiger partial charge in [0.25, 0.3) is 0 Å². The molecule has 0 fully saturated rings. The first-order valence-electron chi connectivity index (χ1n) is 7.16. The zero-order valence-electron chi connectivity index (χ0n) is 13.7. The van der Waals surface area contributed by atoms with Gasteiger partial charge < -0.3 is 10.2 Å². The summed E-state index contributed by atoms with van der Waals surface area (Å²) < 4.78 is 0. The van der Waals surface area contributed by atoms with Gasteiger partial charge in [0.1, 0.15) is 0 Å². The third-order valence-electron chi connectivity index (χ3n) is 3.53. The predicted molar refractivity (Wildman–Crippen MR) is 84.7 cm³/mol.